The second kappa shape index (κ2) is 7.68. The molecule has 138 valence electrons. The summed E-state index contributed by atoms with van der Waals surface area (Å²) < 4.78 is 0. The molecule has 1 aromatic carbocycles. The van der Waals surface area contributed by atoms with Crippen LogP contribution in [0.1, 0.15) is 49.1 Å². The SMILES string of the molecule is CN1N=C(C(=O)NC(CC2CCCc3ccccc32)C(=O)O)CCC1=O. The van der Waals surface area contributed by atoms with Crippen LogP contribution in [-0.2, 0) is 20.8 Å². The van der Waals surface area contributed by atoms with E-state index in [0.717, 1.165) is 24.3 Å². The van der Waals surface area contributed by atoms with Crippen molar-refractivity contribution in [3.63, 3.8) is 0 Å². The number of carboxylic acid groups (broad SMARTS) is 1. The Labute approximate surface area is 152 Å². The van der Waals surface area contributed by atoms with E-state index < -0.39 is 17.9 Å². The zero-order chi connectivity index (χ0) is 18.7. The fraction of sp³-hybridized carbons (Fsp3) is 0.474. The maximum Gasteiger partial charge on any atom is 0.326 e. The second-order valence-electron chi connectivity index (χ2n) is 6.85. The van der Waals surface area contributed by atoms with Gasteiger partial charge in [0.2, 0.25) is 5.91 Å². The average molecular weight is 357 g/mol. The number of carboxylic acids is 1. The highest BCUT2D eigenvalue weighted by Crippen LogP contribution is 2.34. The fourth-order valence-corrected chi connectivity index (χ4v) is 3.68. The zero-order valence-corrected chi connectivity index (χ0v) is 14.8. The van der Waals surface area contributed by atoms with Gasteiger partial charge in [-0.25, -0.2) is 9.80 Å². The summed E-state index contributed by atoms with van der Waals surface area (Å²) >= 11 is 0. The van der Waals surface area contributed by atoms with Crippen molar-refractivity contribution < 1.29 is 19.5 Å². The van der Waals surface area contributed by atoms with E-state index in [1.165, 1.54) is 18.2 Å². The summed E-state index contributed by atoms with van der Waals surface area (Å²) in [5.41, 5.74) is 2.64. The third kappa shape index (κ3) is 3.92. The fourth-order valence-electron chi connectivity index (χ4n) is 3.68. The van der Waals surface area contributed by atoms with Gasteiger partial charge in [0.15, 0.2) is 0 Å². The van der Waals surface area contributed by atoms with Crippen molar-refractivity contribution in [1.29, 1.82) is 0 Å². The van der Waals surface area contributed by atoms with Crippen molar-refractivity contribution in [3.8, 4) is 0 Å². The van der Waals surface area contributed by atoms with Crippen LogP contribution >= 0.6 is 0 Å². The number of aryl methyl sites for hydroxylation is 1. The summed E-state index contributed by atoms with van der Waals surface area (Å²) in [7, 11) is 1.49. The standard InChI is InChI=1S/C19H23N3O4/c1-22-17(23)10-9-15(21-22)18(24)20-16(19(25)26)11-13-7-4-6-12-5-2-3-8-14(12)13/h2-3,5,8,13,16H,4,6-7,9-11H2,1H3,(H,20,24)(H,25,26). The van der Waals surface area contributed by atoms with Gasteiger partial charge in [-0.2, -0.15) is 5.10 Å². The van der Waals surface area contributed by atoms with Crippen LogP contribution in [-0.4, -0.2) is 46.7 Å². The molecular weight excluding hydrogens is 334 g/mol. The molecule has 0 aromatic heterocycles. The Kier molecular flexibility index (Phi) is 5.35. The molecule has 1 aliphatic heterocycles. The maximum absolute atomic E-state index is 12.4. The van der Waals surface area contributed by atoms with Crippen molar-refractivity contribution in [3.05, 3.63) is 35.4 Å². The van der Waals surface area contributed by atoms with Gasteiger partial charge in [0.1, 0.15) is 11.8 Å². The van der Waals surface area contributed by atoms with Crippen molar-refractivity contribution in [2.24, 2.45) is 5.10 Å². The Hall–Kier alpha value is -2.70. The van der Waals surface area contributed by atoms with Crippen LogP contribution in [0.2, 0.25) is 0 Å². The van der Waals surface area contributed by atoms with Gasteiger partial charge in [0.25, 0.3) is 5.91 Å². The molecule has 2 amide bonds. The smallest absolute Gasteiger partial charge is 0.326 e. The van der Waals surface area contributed by atoms with Crippen LogP contribution in [0, 0.1) is 0 Å². The van der Waals surface area contributed by atoms with Gasteiger partial charge in [-0.1, -0.05) is 24.3 Å². The molecule has 7 heteroatoms. The van der Waals surface area contributed by atoms with Gasteiger partial charge in [-0.15, -0.1) is 0 Å². The molecule has 2 aliphatic rings. The molecule has 1 heterocycles. The molecule has 0 bridgehead atoms. The molecule has 7 nitrogen and oxygen atoms in total. The first-order chi connectivity index (χ1) is 12.5. The lowest BCUT2D eigenvalue weighted by Gasteiger charge is -2.28. The Bertz CT molecular complexity index is 759. The average Bonchev–Trinajstić information content (AvgIpc) is 2.63. The number of aliphatic carboxylic acids is 1. The van der Waals surface area contributed by atoms with E-state index in [1.54, 1.807) is 0 Å². The number of amides is 2. The Morgan fingerprint density at radius 2 is 2.08 bits per heavy atom. The molecule has 0 spiro atoms. The number of nitrogens with zero attached hydrogens (tertiary/aromatic N) is 2. The second-order valence-corrected chi connectivity index (χ2v) is 6.85. The molecule has 0 radical (unpaired) electrons. The van der Waals surface area contributed by atoms with E-state index in [1.807, 2.05) is 18.2 Å². The first-order valence-electron chi connectivity index (χ1n) is 8.91. The third-order valence-corrected chi connectivity index (χ3v) is 5.09. The minimum Gasteiger partial charge on any atom is -0.480 e. The number of rotatable bonds is 5. The van der Waals surface area contributed by atoms with E-state index in [0.29, 0.717) is 6.42 Å². The number of nitrogens with one attached hydrogen (secondary N) is 1. The topological polar surface area (TPSA) is 99.1 Å². The predicted molar refractivity (Wildman–Crippen MR) is 95.7 cm³/mol. The van der Waals surface area contributed by atoms with Crippen LogP contribution in [0.5, 0.6) is 0 Å². The Morgan fingerprint density at radius 1 is 1.31 bits per heavy atom. The van der Waals surface area contributed by atoms with E-state index in [-0.39, 0.29) is 30.4 Å². The Balaban J connectivity index is 1.71. The van der Waals surface area contributed by atoms with Gasteiger partial charge < -0.3 is 10.4 Å². The largest absolute Gasteiger partial charge is 0.480 e. The van der Waals surface area contributed by atoms with Crippen LogP contribution in [0.4, 0.5) is 0 Å². The lowest BCUT2D eigenvalue weighted by atomic mass is 9.79. The van der Waals surface area contributed by atoms with E-state index in [9.17, 15) is 19.5 Å². The van der Waals surface area contributed by atoms with Crippen molar-refractivity contribution in [2.75, 3.05) is 7.05 Å². The molecule has 1 aliphatic carbocycles. The molecular formula is C19H23N3O4. The minimum atomic E-state index is -1.05. The summed E-state index contributed by atoms with van der Waals surface area (Å²) in [5.74, 6) is -1.61. The molecule has 0 saturated carbocycles. The summed E-state index contributed by atoms with van der Waals surface area (Å²) in [6.45, 7) is 0. The third-order valence-electron chi connectivity index (χ3n) is 5.09. The lowest BCUT2D eigenvalue weighted by molar-refractivity contribution is -0.141. The molecule has 26 heavy (non-hydrogen) atoms. The highest BCUT2D eigenvalue weighted by molar-refractivity contribution is 6.39. The molecule has 2 N–H and O–H groups in total. The maximum atomic E-state index is 12.4. The van der Waals surface area contributed by atoms with E-state index in [2.05, 4.69) is 16.5 Å². The lowest BCUT2D eigenvalue weighted by Crippen LogP contribution is -2.46. The van der Waals surface area contributed by atoms with E-state index in [4.69, 9.17) is 0 Å². The van der Waals surface area contributed by atoms with Crippen LogP contribution in [0.15, 0.2) is 29.4 Å². The van der Waals surface area contributed by atoms with Crippen molar-refractivity contribution in [2.45, 2.75) is 50.5 Å². The van der Waals surface area contributed by atoms with Crippen LogP contribution in [0.25, 0.3) is 0 Å². The number of hydrogen-bond acceptors (Lipinski definition) is 4. The molecule has 0 saturated heterocycles. The molecule has 3 rings (SSSR count). The number of hydrogen-bond donors (Lipinski definition) is 2. The van der Waals surface area contributed by atoms with Gasteiger partial charge in [-0.05, 0) is 42.7 Å². The molecule has 2 atom stereocenters. The Morgan fingerprint density at radius 3 is 2.81 bits per heavy atom. The number of carbonyl (C=O) groups is 3. The quantitative estimate of drug-likeness (QED) is 0.837. The highest BCUT2D eigenvalue weighted by Gasteiger charge is 2.30. The summed E-state index contributed by atoms with van der Waals surface area (Å²) in [5, 5.41) is 17.3. The van der Waals surface area contributed by atoms with Crippen LogP contribution in [0.3, 0.4) is 0 Å². The van der Waals surface area contributed by atoms with Crippen molar-refractivity contribution in [1.82, 2.24) is 10.3 Å². The van der Waals surface area contributed by atoms with Gasteiger partial charge in [0, 0.05) is 19.9 Å². The number of carbonyl (C=O) groups excluding carboxylic acids is 2. The van der Waals surface area contributed by atoms with E-state index >= 15 is 0 Å². The zero-order valence-electron chi connectivity index (χ0n) is 14.8. The highest BCUT2D eigenvalue weighted by atomic mass is 16.4. The number of fused-ring (bicyclic) bond motifs is 1. The van der Waals surface area contributed by atoms with Crippen LogP contribution < -0.4 is 5.32 Å². The minimum absolute atomic E-state index is 0.110. The predicted octanol–water partition coefficient (Wildman–Crippen LogP) is 1.67. The first kappa shape index (κ1) is 18.1. The van der Waals surface area contributed by atoms with Gasteiger partial charge >= 0.3 is 5.97 Å². The summed E-state index contributed by atoms with van der Waals surface area (Å²) in [6, 6.07) is 7.11. The molecule has 1 aromatic rings. The molecule has 2 unspecified atom stereocenters. The monoisotopic (exact) mass is 357 g/mol. The summed E-state index contributed by atoms with van der Waals surface area (Å²) in [4.78, 5) is 35.6. The number of hydrazone groups is 1. The normalized spacial score (nSPS) is 20.8. The summed E-state index contributed by atoms with van der Waals surface area (Å²) in [6.07, 6.45) is 3.72. The van der Waals surface area contributed by atoms with Gasteiger partial charge in [-0.3, -0.25) is 9.59 Å². The molecule has 0 fully saturated rings. The number of benzene rings is 1. The first-order valence-corrected chi connectivity index (χ1v) is 8.91. The van der Waals surface area contributed by atoms with Crippen molar-refractivity contribution >= 4 is 23.5 Å². The van der Waals surface area contributed by atoms with Gasteiger partial charge in [0.05, 0.1) is 0 Å².